The summed E-state index contributed by atoms with van der Waals surface area (Å²) in [5, 5.41) is 0. The van der Waals surface area contributed by atoms with Crippen molar-refractivity contribution in [3.63, 3.8) is 0 Å². The molecule has 0 aromatic rings. The van der Waals surface area contributed by atoms with E-state index >= 15 is 0 Å². The van der Waals surface area contributed by atoms with Crippen LogP contribution >= 0.6 is 0 Å². The number of hydrogen-bond donors (Lipinski definition) is 0. The van der Waals surface area contributed by atoms with Crippen LogP contribution in [0.3, 0.4) is 0 Å². The van der Waals surface area contributed by atoms with E-state index in [2.05, 4.69) is 19.9 Å². The van der Waals surface area contributed by atoms with Gasteiger partial charge in [-0.25, -0.2) is 0 Å². The molecular formula is C9H14. The number of hydrogen-bond acceptors (Lipinski definition) is 0. The van der Waals surface area contributed by atoms with E-state index in [1.165, 1.54) is 19.3 Å². The van der Waals surface area contributed by atoms with Crippen LogP contribution in [0.4, 0.5) is 0 Å². The molecule has 2 aliphatic carbocycles. The van der Waals surface area contributed by atoms with Gasteiger partial charge in [0.25, 0.3) is 0 Å². The molecule has 1 unspecified atom stereocenters. The Kier molecular flexibility index (Phi) is 0.870. The third kappa shape index (κ3) is 0.654. The number of rotatable bonds is 0. The van der Waals surface area contributed by atoms with Gasteiger partial charge in [-0.2, -0.15) is 0 Å². The fourth-order valence-corrected chi connectivity index (χ4v) is 2.26. The zero-order chi connectivity index (χ0) is 6.48. The van der Waals surface area contributed by atoms with Crippen LogP contribution in [0.25, 0.3) is 0 Å². The van der Waals surface area contributed by atoms with E-state index < -0.39 is 0 Å². The van der Waals surface area contributed by atoms with Crippen LogP contribution in [-0.2, 0) is 0 Å². The second-order valence-corrected chi connectivity index (χ2v) is 4.16. The van der Waals surface area contributed by atoms with Crippen molar-refractivity contribution in [3.8, 4) is 0 Å². The standard InChI is InChI=1S/C9H14/c1-9(2)6-7-3-4-8(9)5-7/h3,8H,4-6H2,1-2H3. The summed E-state index contributed by atoms with van der Waals surface area (Å²) in [6.45, 7) is 4.80. The topological polar surface area (TPSA) is 0 Å². The molecule has 0 radical (unpaired) electrons. The minimum absolute atomic E-state index is 0.643. The SMILES string of the molecule is CC1(C)CC2=CCC1C2. The molecule has 0 aromatic carbocycles. The summed E-state index contributed by atoms with van der Waals surface area (Å²) in [6.07, 6.45) is 6.59. The fraction of sp³-hybridized carbons (Fsp3) is 0.778. The molecule has 0 aromatic heterocycles. The fourth-order valence-electron chi connectivity index (χ4n) is 2.26. The smallest absolute Gasteiger partial charge is 0.0266 e. The first-order valence-electron chi connectivity index (χ1n) is 3.86. The molecule has 0 saturated heterocycles. The lowest BCUT2D eigenvalue weighted by molar-refractivity contribution is 0.260. The molecule has 1 fully saturated rings. The number of allylic oxidation sites excluding steroid dienone is 2. The molecule has 1 saturated carbocycles. The van der Waals surface area contributed by atoms with Crippen molar-refractivity contribution in [2.75, 3.05) is 0 Å². The van der Waals surface area contributed by atoms with E-state index in [1.807, 2.05) is 0 Å². The summed E-state index contributed by atoms with van der Waals surface area (Å²) in [7, 11) is 0. The molecule has 0 heterocycles. The van der Waals surface area contributed by atoms with Gasteiger partial charge in [0, 0.05) is 0 Å². The van der Waals surface area contributed by atoms with Gasteiger partial charge in [-0.05, 0) is 30.6 Å². The second kappa shape index (κ2) is 1.42. The first kappa shape index (κ1) is 5.52. The minimum Gasteiger partial charge on any atom is -0.0850 e. The molecule has 0 spiro atoms. The molecule has 1 atom stereocenters. The highest BCUT2D eigenvalue weighted by molar-refractivity contribution is 5.20. The van der Waals surface area contributed by atoms with Crippen molar-refractivity contribution >= 4 is 0 Å². The van der Waals surface area contributed by atoms with Gasteiger partial charge in [0.1, 0.15) is 0 Å². The van der Waals surface area contributed by atoms with Gasteiger partial charge < -0.3 is 0 Å². The quantitative estimate of drug-likeness (QED) is 0.433. The van der Waals surface area contributed by atoms with E-state index in [0.717, 1.165) is 5.92 Å². The zero-order valence-corrected chi connectivity index (χ0v) is 6.28. The van der Waals surface area contributed by atoms with Crippen LogP contribution in [0.2, 0.25) is 0 Å². The van der Waals surface area contributed by atoms with Crippen molar-refractivity contribution in [1.82, 2.24) is 0 Å². The molecule has 50 valence electrons. The summed E-state index contributed by atoms with van der Waals surface area (Å²) in [6, 6.07) is 0. The maximum Gasteiger partial charge on any atom is -0.0266 e. The maximum absolute atomic E-state index is 2.44. The molecule has 2 aliphatic rings. The van der Waals surface area contributed by atoms with Gasteiger partial charge in [0.15, 0.2) is 0 Å². The largest absolute Gasteiger partial charge is 0.0850 e. The van der Waals surface area contributed by atoms with Gasteiger partial charge in [0.2, 0.25) is 0 Å². The molecule has 0 N–H and O–H groups in total. The molecule has 0 aliphatic heterocycles. The molecule has 2 rings (SSSR count). The Morgan fingerprint density at radius 1 is 1.56 bits per heavy atom. The van der Waals surface area contributed by atoms with Gasteiger partial charge in [-0.1, -0.05) is 25.5 Å². The van der Waals surface area contributed by atoms with E-state index in [4.69, 9.17) is 0 Å². The van der Waals surface area contributed by atoms with E-state index in [9.17, 15) is 0 Å². The Labute approximate surface area is 57.0 Å². The Morgan fingerprint density at radius 3 is 2.56 bits per heavy atom. The van der Waals surface area contributed by atoms with E-state index in [1.54, 1.807) is 5.57 Å². The predicted octanol–water partition coefficient (Wildman–Crippen LogP) is 2.75. The minimum atomic E-state index is 0.643. The molecule has 0 heteroatoms. The van der Waals surface area contributed by atoms with Crippen LogP contribution < -0.4 is 0 Å². The summed E-state index contributed by atoms with van der Waals surface area (Å²) >= 11 is 0. The maximum atomic E-state index is 2.44. The summed E-state index contributed by atoms with van der Waals surface area (Å²) in [4.78, 5) is 0. The van der Waals surface area contributed by atoms with Crippen molar-refractivity contribution < 1.29 is 0 Å². The van der Waals surface area contributed by atoms with Gasteiger partial charge in [0.05, 0.1) is 0 Å². The molecule has 0 amide bonds. The lowest BCUT2D eigenvalue weighted by Crippen LogP contribution is -2.17. The molecule has 9 heavy (non-hydrogen) atoms. The molecular weight excluding hydrogens is 108 g/mol. The predicted molar refractivity (Wildman–Crippen MR) is 39.2 cm³/mol. The van der Waals surface area contributed by atoms with E-state index in [-0.39, 0.29) is 0 Å². The monoisotopic (exact) mass is 122 g/mol. The average molecular weight is 122 g/mol. The van der Waals surface area contributed by atoms with Crippen LogP contribution in [0.15, 0.2) is 11.6 Å². The average Bonchev–Trinajstić information content (AvgIpc) is 2.19. The van der Waals surface area contributed by atoms with Crippen molar-refractivity contribution in [1.29, 1.82) is 0 Å². The highest BCUT2D eigenvalue weighted by atomic mass is 14.4. The highest BCUT2D eigenvalue weighted by Crippen LogP contribution is 2.51. The Hall–Kier alpha value is -0.260. The lowest BCUT2D eigenvalue weighted by Gasteiger charge is -2.26. The Bertz CT molecular complexity index is 163. The van der Waals surface area contributed by atoms with Crippen LogP contribution in [0.1, 0.15) is 33.1 Å². The Balaban J connectivity index is 2.30. The first-order chi connectivity index (χ1) is 4.18. The Morgan fingerprint density at radius 2 is 2.33 bits per heavy atom. The summed E-state index contributed by atoms with van der Waals surface area (Å²) in [5.41, 5.74) is 2.37. The van der Waals surface area contributed by atoms with Crippen LogP contribution in [0.5, 0.6) is 0 Å². The van der Waals surface area contributed by atoms with Crippen molar-refractivity contribution in [2.45, 2.75) is 33.1 Å². The summed E-state index contributed by atoms with van der Waals surface area (Å²) in [5.74, 6) is 0.993. The van der Waals surface area contributed by atoms with Gasteiger partial charge in [-0.3, -0.25) is 0 Å². The zero-order valence-electron chi connectivity index (χ0n) is 6.28. The van der Waals surface area contributed by atoms with Crippen LogP contribution in [0, 0.1) is 11.3 Å². The summed E-state index contributed by atoms with van der Waals surface area (Å²) < 4.78 is 0. The molecule has 2 bridgehead atoms. The van der Waals surface area contributed by atoms with E-state index in [0.29, 0.717) is 5.41 Å². The normalized spacial score (nSPS) is 37.1. The second-order valence-electron chi connectivity index (χ2n) is 4.16. The van der Waals surface area contributed by atoms with Gasteiger partial charge in [-0.15, -0.1) is 0 Å². The third-order valence-corrected chi connectivity index (χ3v) is 2.99. The lowest BCUT2D eigenvalue weighted by atomic mass is 9.79. The van der Waals surface area contributed by atoms with Crippen molar-refractivity contribution in [2.24, 2.45) is 11.3 Å². The van der Waals surface area contributed by atoms with Gasteiger partial charge >= 0.3 is 0 Å². The highest BCUT2D eigenvalue weighted by Gasteiger charge is 2.39. The third-order valence-electron chi connectivity index (χ3n) is 2.99. The first-order valence-corrected chi connectivity index (χ1v) is 3.86. The molecule has 0 nitrogen and oxygen atoms in total. The van der Waals surface area contributed by atoms with Crippen molar-refractivity contribution in [3.05, 3.63) is 11.6 Å². The number of fused-ring (bicyclic) bond motifs is 2. The van der Waals surface area contributed by atoms with Crippen LogP contribution in [-0.4, -0.2) is 0 Å².